The SMILES string of the molecule is C[C@H](CC[C@@H](O)C(C)(C)O)C1CC[C@@]2(C)C3CCC4C(CC[C@H](O[C@@H]5O[C@H](COC6O[C@H](CO)[C@@H](O)[C@H](O)[C@H]6O)[C@@H](O)[C@H](O)[C@H]5O)C4(C)C)[C@]3(C)CC[C@]12C. The Labute approximate surface area is 327 Å². The maximum atomic E-state index is 11.1. The summed E-state index contributed by atoms with van der Waals surface area (Å²) in [5, 5.41) is 93.9. The molecular formula is C42H74O13. The van der Waals surface area contributed by atoms with Gasteiger partial charge in [0.2, 0.25) is 0 Å². The summed E-state index contributed by atoms with van der Waals surface area (Å²) in [4.78, 5) is 0. The van der Waals surface area contributed by atoms with Gasteiger partial charge >= 0.3 is 0 Å². The minimum absolute atomic E-state index is 0.169. The number of rotatable bonds is 11. The Morgan fingerprint density at radius 1 is 0.691 bits per heavy atom. The topological polar surface area (TPSA) is 219 Å². The molecule has 6 fully saturated rings. The van der Waals surface area contributed by atoms with Crippen molar-refractivity contribution in [1.82, 2.24) is 0 Å². The molecule has 0 aromatic rings. The molecule has 4 aliphatic carbocycles. The number of ether oxygens (including phenoxy) is 4. The molecule has 0 radical (unpaired) electrons. The summed E-state index contributed by atoms with van der Waals surface area (Å²) in [6.45, 7) is 16.9. The third kappa shape index (κ3) is 7.50. The van der Waals surface area contributed by atoms with Crippen LogP contribution < -0.4 is 0 Å². The Hall–Kier alpha value is -0.520. The van der Waals surface area contributed by atoms with Gasteiger partial charge < -0.3 is 64.9 Å². The quantitative estimate of drug-likeness (QED) is 0.138. The Bertz CT molecular complexity index is 1310. The van der Waals surface area contributed by atoms with E-state index >= 15 is 0 Å². The van der Waals surface area contributed by atoms with Gasteiger partial charge in [-0.05, 0) is 129 Å². The monoisotopic (exact) mass is 787 g/mol. The molecule has 0 bridgehead atoms. The largest absolute Gasteiger partial charge is 0.394 e. The summed E-state index contributed by atoms with van der Waals surface area (Å²) < 4.78 is 23.7. The smallest absolute Gasteiger partial charge is 0.186 e. The predicted molar refractivity (Wildman–Crippen MR) is 201 cm³/mol. The third-order valence-electron chi connectivity index (χ3n) is 17.1. The third-order valence-corrected chi connectivity index (χ3v) is 17.1. The van der Waals surface area contributed by atoms with Crippen LogP contribution in [-0.2, 0) is 18.9 Å². The average molecular weight is 787 g/mol. The lowest BCUT2D eigenvalue weighted by Crippen LogP contribution is -2.64. The minimum atomic E-state index is -1.64. The fourth-order valence-electron chi connectivity index (χ4n) is 13.3. The first-order chi connectivity index (χ1) is 25.5. The Balaban J connectivity index is 1.11. The predicted octanol–water partition coefficient (Wildman–Crippen LogP) is 2.23. The zero-order chi connectivity index (χ0) is 40.6. The van der Waals surface area contributed by atoms with E-state index in [0.29, 0.717) is 36.0 Å². The van der Waals surface area contributed by atoms with Crippen LogP contribution in [0.3, 0.4) is 0 Å². The van der Waals surface area contributed by atoms with Gasteiger partial charge in [0, 0.05) is 0 Å². The van der Waals surface area contributed by atoms with Gasteiger partial charge in [0.25, 0.3) is 0 Å². The second kappa shape index (κ2) is 15.8. The zero-order valence-corrected chi connectivity index (χ0v) is 34.5. The molecule has 6 rings (SSSR count). The Morgan fingerprint density at radius 3 is 1.93 bits per heavy atom. The van der Waals surface area contributed by atoms with Crippen LogP contribution in [-0.4, -0.2) is 138 Å². The van der Waals surface area contributed by atoms with Crippen LogP contribution in [0.1, 0.15) is 120 Å². The van der Waals surface area contributed by atoms with Crippen molar-refractivity contribution in [2.45, 2.75) is 199 Å². The second-order valence-electron chi connectivity index (χ2n) is 20.6. The van der Waals surface area contributed by atoms with E-state index in [1.807, 2.05) is 0 Å². The van der Waals surface area contributed by atoms with Crippen LogP contribution in [0, 0.1) is 51.2 Å². The molecule has 6 aliphatic rings. The highest BCUT2D eigenvalue weighted by atomic mass is 16.7. The number of aliphatic hydroxyl groups is 9. The number of aliphatic hydroxyl groups excluding tert-OH is 8. The lowest BCUT2D eigenvalue weighted by Gasteiger charge is -2.68. The van der Waals surface area contributed by atoms with E-state index in [9.17, 15) is 46.0 Å². The Morgan fingerprint density at radius 2 is 1.29 bits per heavy atom. The molecule has 0 aromatic carbocycles. The van der Waals surface area contributed by atoms with E-state index in [0.717, 1.165) is 32.1 Å². The maximum Gasteiger partial charge on any atom is 0.186 e. The molecule has 0 aromatic heterocycles. The Kier molecular flexibility index (Phi) is 12.7. The van der Waals surface area contributed by atoms with Crippen molar-refractivity contribution in [2.24, 2.45) is 51.2 Å². The lowest BCUT2D eigenvalue weighted by atomic mass is 9.37. The summed E-state index contributed by atoms with van der Waals surface area (Å²) >= 11 is 0. The van der Waals surface area contributed by atoms with Crippen molar-refractivity contribution >= 4 is 0 Å². The fraction of sp³-hybridized carbons (Fsp3) is 1.00. The molecule has 2 saturated heterocycles. The van der Waals surface area contributed by atoms with Crippen molar-refractivity contribution in [3.05, 3.63) is 0 Å². The summed E-state index contributed by atoms with van der Waals surface area (Å²) in [6.07, 6.45) is -5.33. The summed E-state index contributed by atoms with van der Waals surface area (Å²) in [7, 11) is 0. The summed E-state index contributed by atoms with van der Waals surface area (Å²) in [6, 6.07) is 0. The van der Waals surface area contributed by atoms with Crippen LogP contribution in [0.15, 0.2) is 0 Å². The molecule has 2 aliphatic heterocycles. The molecular weight excluding hydrogens is 712 g/mol. The van der Waals surface area contributed by atoms with Gasteiger partial charge in [-0.15, -0.1) is 0 Å². The van der Waals surface area contributed by atoms with E-state index in [1.165, 1.54) is 25.7 Å². The number of hydrogen-bond donors (Lipinski definition) is 9. The molecule has 13 heteroatoms. The van der Waals surface area contributed by atoms with Gasteiger partial charge in [-0.25, -0.2) is 0 Å². The highest BCUT2D eigenvalue weighted by Gasteiger charge is 2.68. The van der Waals surface area contributed by atoms with Crippen LogP contribution in [0.5, 0.6) is 0 Å². The molecule has 13 nitrogen and oxygen atoms in total. The van der Waals surface area contributed by atoms with Gasteiger partial charge in [0.15, 0.2) is 12.6 Å². The van der Waals surface area contributed by atoms with Crippen LogP contribution >= 0.6 is 0 Å². The second-order valence-corrected chi connectivity index (χ2v) is 20.6. The molecule has 0 spiro atoms. The molecule has 2 heterocycles. The van der Waals surface area contributed by atoms with E-state index in [1.54, 1.807) is 13.8 Å². The first kappa shape index (κ1) is 44.0. The van der Waals surface area contributed by atoms with Crippen molar-refractivity contribution in [3.63, 3.8) is 0 Å². The van der Waals surface area contributed by atoms with Gasteiger partial charge in [-0.2, -0.15) is 0 Å². The maximum absolute atomic E-state index is 11.1. The standard InChI is InChI=1S/C42H74O13/c1-21(9-13-28(44)39(4,5)51)22-15-16-42(8)27-12-10-23-24(40(27,6)17-18-41(22,42)7)11-14-29(38(23,2)3)55-37-35(50)33(48)31(46)26(54-37)20-52-36-34(49)32(47)30(45)25(19-43)53-36/h21-37,43-51H,9-20H2,1-8H3/t21-,22?,23?,24?,25-,26-,27?,28-,29+,30-,31-,32+,33+,34-,35-,36?,37+,40+,41-,42+/m1/s1. The molecule has 320 valence electrons. The van der Waals surface area contributed by atoms with E-state index < -0.39 is 86.3 Å². The van der Waals surface area contributed by atoms with Crippen molar-refractivity contribution in [1.29, 1.82) is 0 Å². The average Bonchev–Trinajstić information content (AvgIpc) is 3.40. The minimum Gasteiger partial charge on any atom is -0.394 e. The van der Waals surface area contributed by atoms with Gasteiger partial charge in [-0.1, -0.05) is 41.5 Å². The van der Waals surface area contributed by atoms with Gasteiger partial charge in [0.05, 0.1) is 31.0 Å². The van der Waals surface area contributed by atoms with Crippen LogP contribution in [0.2, 0.25) is 0 Å². The number of fused-ring (bicyclic) bond motifs is 5. The summed E-state index contributed by atoms with van der Waals surface area (Å²) in [5.74, 6) is 2.52. The van der Waals surface area contributed by atoms with E-state index in [4.69, 9.17) is 18.9 Å². The van der Waals surface area contributed by atoms with Crippen molar-refractivity contribution in [2.75, 3.05) is 13.2 Å². The molecule has 55 heavy (non-hydrogen) atoms. The number of hydrogen-bond acceptors (Lipinski definition) is 13. The molecule has 9 N–H and O–H groups in total. The molecule has 5 unspecified atom stereocenters. The van der Waals surface area contributed by atoms with E-state index in [2.05, 4.69) is 41.5 Å². The molecule has 0 amide bonds. The normalized spacial score (nSPS) is 51.1. The lowest BCUT2D eigenvalue weighted by molar-refractivity contribution is -0.344. The fourth-order valence-corrected chi connectivity index (χ4v) is 13.3. The zero-order valence-electron chi connectivity index (χ0n) is 34.5. The first-order valence-electron chi connectivity index (χ1n) is 21.2. The van der Waals surface area contributed by atoms with Gasteiger partial charge in [-0.3, -0.25) is 0 Å². The summed E-state index contributed by atoms with van der Waals surface area (Å²) in [5.41, 5.74) is -0.787. The first-order valence-corrected chi connectivity index (χ1v) is 21.2. The van der Waals surface area contributed by atoms with Crippen molar-refractivity contribution in [3.8, 4) is 0 Å². The highest BCUT2D eigenvalue weighted by Crippen LogP contribution is 2.76. The molecule has 20 atom stereocenters. The van der Waals surface area contributed by atoms with Crippen LogP contribution in [0.25, 0.3) is 0 Å². The van der Waals surface area contributed by atoms with E-state index in [-0.39, 0.29) is 27.8 Å². The van der Waals surface area contributed by atoms with Crippen molar-refractivity contribution < 1.29 is 64.9 Å². The van der Waals surface area contributed by atoms with Gasteiger partial charge in [0.1, 0.15) is 48.8 Å². The molecule has 4 saturated carbocycles. The highest BCUT2D eigenvalue weighted by molar-refractivity contribution is 5.17. The van der Waals surface area contributed by atoms with Crippen LogP contribution in [0.4, 0.5) is 0 Å².